The van der Waals surface area contributed by atoms with Crippen molar-refractivity contribution in [3.8, 4) is 0 Å². The molecule has 0 aliphatic heterocycles. The van der Waals surface area contributed by atoms with Gasteiger partial charge in [-0.3, -0.25) is 0 Å². The van der Waals surface area contributed by atoms with E-state index >= 15 is 0 Å². The van der Waals surface area contributed by atoms with Crippen molar-refractivity contribution in [1.82, 2.24) is 4.98 Å². The first-order chi connectivity index (χ1) is 7.66. The summed E-state index contributed by atoms with van der Waals surface area (Å²) in [5.41, 5.74) is 5.51. The molecule has 2 rings (SSSR count). The molecule has 0 spiro atoms. The second-order valence-corrected chi connectivity index (χ2v) is 5.78. The summed E-state index contributed by atoms with van der Waals surface area (Å²) in [6, 6.07) is 6.43. The Morgan fingerprint density at radius 3 is 2.81 bits per heavy atom. The molecule has 0 fully saturated rings. The fraction of sp³-hybridized carbons (Fsp3) is 0.250. The van der Waals surface area contributed by atoms with Gasteiger partial charge in [-0.2, -0.15) is 0 Å². The normalized spacial score (nSPS) is 10.4. The zero-order valence-corrected chi connectivity index (χ0v) is 12.2. The maximum absolute atomic E-state index is 4.24. The summed E-state index contributed by atoms with van der Waals surface area (Å²) in [5, 5.41) is 3.42. The van der Waals surface area contributed by atoms with Gasteiger partial charge in [0.1, 0.15) is 0 Å². The SMILES string of the molecule is Cc1ccc(NCc2scnc2C)cc1I. The molecular formula is C12H13IN2S. The molecule has 0 aliphatic rings. The topological polar surface area (TPSA) is 24.9 Å². The Morgan fingerprint density at radius 2 is 2.19 bits per heavy atom. The van der Waals surface area contributed by atoms with Gasteiger partial charge >= 0.3 is 0 Å². The van der Waals surface area contributed by atoms with Crippen LogP contribution in [-0.4, -0.2) is 4.98 Å². The predicted molar refractivity (Wildman–Crippen MR) is 78.1 cm³/mol. The molecule has 0 saturated heterocycles. The second kappa shape index (κ2) is 5.14. The van der Waals surface area contributed by atoms with E-state index in [0.717, 1.165) is 12.2 Å². The van der Waals surface area contributed by atoms with Crippen molar-refractivity contribution >= 4 is 39.6 Å². The number of rotatable bonds is 3. The van der Waals surface area contributed by atoms with Crippen molar-refractivity contribution in [2.45, 2.75) is 20.4 Å². The van der Waals surface area contributed by atoms with Crippen LogP contribution < -0.4 is 5.32 Å². The number of hydrogen-bond donors (Lipinski definition) is 1. The summed E-state index contributed by atoms with van der Waals surface area (Å²) in [4.78, 5) is 5.54. The zero-order valence-electron chi connectivity index (χ0n) is 9.25. The van der Waals surface area contributed by atoms with Gasteiger partial charge in [0.05, 0.1) is 17.7 Å². The molecule has 1 N–H and O–H groups in total. The van der Waals surface area contributed by atoms with Crippen molar-refractivity contribution in [2.75, 3.05) is 5.32 Å². The Labute approximate surface area is 113 Å². The van der Waals surface area contributed by atoms with E-state index in [0.29, 0.717) is 0 Å². The van der Waals surface area contributed by atoms with Gasteiger partial charge < -0.3 is 5.32 Å². The van der Waals surface area contributed by atoms with Crippen LogP contribution in [0.3, 0.4) is 0 Å². The predicted octanol–water partition coefficient (Wildman–Crippen LogP) is 3.98. The highest BCUT2D eigenvalue weighted by Crippen LogP contribution is 2.19. The van der Waals surface area contributed by atoms with E-state index in [1.54, 1.807) is 11.3 Å². The smallest absolute Gasteiger partial charge is 0.0798 e. The van der Waals surface area contributed by atoms with Crippen molar-refractivity contribution < 1.29 is 0 Å². The maximum atomic E-state index is 4.24. The summed E-state index contributed by atoms with van der Waals surface area (Å²) in [7, 11) is 0. The molecule has 0 atom stereocenters. The quantitative estimate of drug-likeness (QED) is 0.852. The number of nitrogens with one attached hydrogen (secondary N) is 1. The maximum Gasteiger partial charge on any atom is 0.0798 e. The molecule has 4 heteroatoms. The third-order valence-corrected chi connectivity index (χ3v) is 4.57. The van der Waals surface area contributed by atoms with Crippen LogP contribution in [0.25, 0.3) is 0 Å². The van der Waals surface area contributed by atoms with Crippen molar-refractivity contribution in [3.05, 3.63) is 43.4 Å². The highest BCUT2D eigenvalue weighted by atomic mass is 127. The minimum atomic E-state index is 0.857. The monoisotopic (exact) mass is 344 g/mol. The number of thiazole rings is 1. The van der Waals surface area contributed by atoms with E-state index in [1.165, 1.54) is 19.7 Å². The molecule has 0 unspecified atom stereocenters. The third kappa shape index (κ3) is 2.74. The van der Waals surface area contributed by atoms with Crippen molar-refractivity contribution in [3.63, 3.8) is 0 Å². The van der Waals surface area contributed by atoms with Crippen LogP contribution in [0.1, 0.15) is 16.1 Å². The van der Waals surface area contributed by atoms with E-state index in [2.05, 4.69) is 58.0 Å². The number of nitrogens with zero attached hydrogens (tertiary/aromatic N) is 1. The van der Waals surface area contributed by atoms with Crippen molar-refractivity contribution in [1.29, 1.82) is 0 Å². The van der Waals surface area contributed by atoms with Crippen LogP contribution in [0.4, 0.5) is 5.69 Å². The van der Waals surface area contributed by atoms with Crippen LogP contribution in [0, 0.1) is 17.4 Å². The Bertz CT molecular complexity index is 494. The molecule has 2 nitrogen and oxygen atoms in total. The van der Waals surface area contributed by atoms with Gasteiger partial charge in [-0.15, -0.1) is 11.3 Å². The van der Waals surface area contributed by atoms with E-state index in [9.17, 15) is 0 Å². The van der Waals surface area contributed by atoms with Crippen LogP contribution in [0.15, 0.2) is 23.7 Å². The molecule has 84 valence electrons. The molecule has 0 radical (unpaired) electrons. The fourth-order valence-electron chi connectivity index (χ4n) is 1.38. The largest absolute Gasteiger partial charge is 0.380 e. The highest BCUT2D eigenvalue weighted by molar-refractivity contribution is 14.1. The molecular weight excluding hydrogens is 331 g/mol. The highest BCUT2D eigenvalue weighted by Gasteiger charge is 2.01. The van der Waals surface area contributed by atoms with Gasteiger partial charge in [-0.25, -0.2) is 4.98 Å². The van der Waals surface area contributed by atoms with Crippen LogP contribution >= 0.6 is 33.9 Å². The first-order valence-corrected chi connectivity index (χ1v) is 7.01. The Hall–Kier alpha value is -0.620. The lowest BCUT2D eigenvalue weighted by molar-refractivity contribution is 1.12. The van der Waals surface area contributed by atoms with Crippen molar-refractivity contribution in [2.24, 2.45) is 0 Å². The number of halogens is 1. The molecule has 2 aromatic rings. The minimum absolute atomic E-state index is 0.857. The molecule has 0 saturated carbocycles. The summed E-state index contributed by atoms with van der Waals surface area (Å²) in [6.07, 6.45) is 0. The fourth-order valence-corrected chi connectivity index (χ4v) is 2.61. The number of aromatic nitrogens is 1. The van der Waals surface area contributed by atoms with E-state index in [1.807, 2.05) is 12.4 Å². The number of benzene rings is 1. The van der Waals surface area contributed by atoms with Gasteiger partial charge in [0.2, 0.25) is 0 Å². The van der Waals surface area contributed by atoms with Crippen LogP contribution in [0.2, 0.25) is 0 Å². The average molecular weight is 344 g/mol. The third-order valence-electron chi connectivity index (χ3n) is 2.47. The van der Waals surface area contributed by atoms with Gasteiger partial charge in [0.25, 0.3) is 0 Å². The van der Waals surface area contributed by atoms with Gasteiger partial charge in [0, 0.05) is 14.1 Å². The zero-order chi connectivity index (χ0) is 11.5. The van der Waals surface area contributed by atoms with Crippen LogP contribution in [-0.2, 0) is 6.54 Å². The first kappa shape index (κ1) is 11.9. The van der Waals surface area contributed by atoms with Gasteiger partial charge in [0.15, 0.2) is 0 Å². The molecule has 1 heterocycles. The molecule has 0 amide bonds. The lowest BCUT2D eigenvalue weighted by Gasteiger charge is -2.07. The lowest BCUT2D eigenvalue weighted by Crippen LogP contribution is -1.99. The molecule has 0 aliphatic carbocycles. The average Bonchev–Trinajstić information content (AvgIpc) is 2.66. The number of anilines is 1. The standard InChI is InChI=1S/C12H13IN2S/c1-8-3-4-10(5-11(8)13)14-6-12-9(2)15-7-16-12/h3-5,7,14H,6H2,1-2H3. The Morgan fingerprint density at radius 1 is 1.38 bits per heavy atom. The molecule has 1 aromatic carbocycles. The second-order valence-electron chi connectivity index (χ2n) is 3.68. The summed E-state index contributed by atoms with van der Waals surface area (Å²) in [5.74, 6) is 0. The Balaban J connectivity index is 2.05. The Kier molecular flexibility index (Phi) is 3.81. The molecule has 16 heavy (non-hydrogen) atoms. The van der Waals surface area contributed by atoms with E-state index < -0.39 is 0 Å². The molecule has 1 aromatic heterocycles. The number of hydrogen-bond acceptors (Lipinski definition) is 3. The summed E-state index contributed by atoms with van der Waals surface area (Å²) in [6.45, 7) is 5.03. The molecule has 0 bridgehead atoms. The summed E-state index contributed by atoms with van der Waals surface area (Å²) >= 11 is 4.06. The van der Waals surface area contributed by atoms with E-state index in [-0.39, 0.29) is 0 Å². The minimum Gasteiger partial charge on any atom is -0.380 e. The van der Waals surface area contributed by atoms with Crippen LogP contribution in [0.5, 0.6) is 0 Å². The van der Waals surface area contributed by atoms with Gasteiger partial charge in [-0.05, 0) is 54.1 Å². The van der Waals surface area contributed by atoms with E-state index in [4.69, 9.17) is 0 Å². The number of aryl methyl sites for hydroxylation is 2. The first-order valence-electron chi connectivity index (χ1n) is 5.06. The summed E-state index contributed by atoms with van der Waals surface area (Å²) < 4.78 is 1.30. The lowest BCUT2D eigenvalue weighted by atomic mass is 10.2. The van der Waals surface area contributed by atoms with Gasteiger partial charge in [-0.1, -0.05) is 6.07 Å².